The van der Waals surface area contributed by atoms with Crippen molar-refractivity contribution in [3.63, 3.8) is 0 Å². The largest absolute Gasteiger partial charge is 0.521 e. The molecule has 1 aliphatic heterocycles. The topological polar surface area (TPSA) is 71.4 Å². The minimum Gasteiger partial charge on any atom is -0.435 e. The van der Waals surface area contributed by atoms with Crippen molar-refractivity contribution in [2.45, 2.75) is 38.6 Å². The van der Waals surface area contributed by atoms with Crippen LogP contribution < -0.4 is 0 Å². The van der Waals surface area contributed by atoms with Gasteiger partial charge >= 0.3 is 12.0 Å². The maximum absolute atomic E-state index is 12.4. The van der Waals surface area contributed by atoms with E-state index in [1.54, 1.807) is 31.2 Å². The van der Waals surface area contributed by atoms with Gasteiger partial charge in [-0.05, 0) is 6.92 Å². The van der Waals surface area contributed by atoms with E-state index in [2.05, 4.69) is 0 Å². The number of imide groups is 1. The van der Waals surface area contributed by atoms with E-state index in [0.29, 0.717) is 12.1 Å². The predicted molar refractivity (Wildman–Crippen MR) is 76.9 cm³/mol. The first-order valence-electron chi connectivity index (χ1n) is 7.21. The number of quaternary nitrogens is 1. The Morgan fingerprint density at radius 3 is 2.38 bits per heavy atom. The predicted octanol–water partition coefficient (Wildman–Crippen LogP) is 2.85. The highest BCUT2D eigenvalue weighted by Crippen LogP contribution is 2.29. The molecule has 112 valence electrons. The number of hydrogen-bond donors (Lipinski definition) is 1. The molecule has 2 atom stereocenters. The van der Waals surface area contributed by atoms with E-state index in [0.717, 1.165) is 12.8 Å². The zero-order valence-electron chi connectivity index (χ0n) is 12.1. The molecule has 5 heteroatoms. The summed E-state index contributed by atoms with van der Waals surface area (Å²) in [6, 6.07) is 8.53. The maximum atomic E-state index is 12.4. The second-order valence-corrected chi connectivity index (χ2v) is 5.55. The second-order valence-electron chi connectivity index (χ2n) is 5.55. The lowest BCUT2D eigenvalue weighted by Gasteiger charge is -2.29. The van der Waals surface area contributed by atoms with E-state index >= 15 is 0 Å². The third kappa shape index (κ3) is 2.88. The number of likely N-dealkylation sites (tertiary alicyclic amines) is 1. The lowest BCUT2D eigenvalue weighted by molar-refractivity contribution is -0.792. The van der Waals surface area contributed by atoms with Crippen LogP contribution in [0.5, 0.6) is 0 Å². The van der Waals surface area contributed by atoms with Crippen molar-refractivity contribution in [2.75, 3.05) is 6.54 Å². The molecule has 1 N–H and O–H groups in total. The third-order valence-corrected chi connectivity index (χ3v) is 4.33. The minimum atomic E-state index is -1.10. The molecule has 21 heavy (non-hydrogen) atoms. The van der Waals surface area contributed by atoms with Crippen molar-refractivity contribution >= 4 is 17.8 Å². The number of carbonyl (C=O) groups excluding carboxylic acids is 2. The Balaban J connectivity index is 2.04. The van der Waals surface area contributed by atoms with Crippen LogP contribution in [0.4, 0.5) is 4.79 Å². The lowest BCUT2D eigenvalue weighted by atomic mass is 10.1. The molecule has 1 aromatic rings. The highest BCUT2D eigenvalue weighted by atomic mass is 16.4. The summed E-state index contributed by atoms with van der Waals surface area (Å²) in [5.41, 5.74) is 0.557. The van der Waals surface area contributed by atoms with Gasteiger partial charge in [-0.2, -0.15) is 9.28 Å². The van der Waals surface area contributed by atoms with Gasteiger partial charge in [-0.25, -0.2) is 4.79 Å². The summed E-state index contributed by atoms with van der Waals surface area (Å²) in [6.45, 7) is 2.12. The number of carboxylic acid groups (broad SMARTS) is 1. The molecule has 0 spiro atoms. The summed E-state index contributed by atoms with van der Waals surface area (Å²) < 4.78 is -0.526. The summed E-state index contributed by atoms with van der Waals surface area (Å²) in [7, 11) is 0. The summed E-state index contributed by atoms with van der Waals surface area (Å²) in [5.74, 6) is -0.490. The molecule has 0 radical (unpaired) electrons. The summed E-state index contributed by atoms with van der Waals surface area (Å²) in [4.78, 5) is 36.0. The van der Waals surface area contributed by atoms with E-state index in [-0.39, 0.29) is 30.6 Å². The van der Waals surface area contributed by atoms with E-state index in [1.807, 2.05) is 6.07 Å². The van der Waals surface area contributed by atoms with E-state index in [9.17, 15) is 19.5 Å². The fraction of sp³-hybridized carbons (Fsp3) is 0.438. The molecule has 2 amide bonds. The number of Topliss-reactive ketones (excluding diaryl/α,β-unsaturated/α-hetero) is 1. The van der Waals surface area contributed by atoms with Crippen LogP contribution in [0.15, 0.2) is 30.3 Å². The van der Waals surface area contributed by atoms with Gasteiger partial charge in [0, 0.05) is 24.8 Å². The monoisotopic (exact) mass is 290 g/mol. The van der Waals surface area contributed by atoms with Crippen molar-refractivity contribution in [3.05, 3.63) is 35.9 Å². The van der Waals surface area contributed by atoms with Gasteiger partial charge in [-0.15, -0.1) is 0 Å². The number of hydrogen-bond acceptors (Lipinski definition) is 3. The molecule has 0 aromatic heterocycles. The SMILES string of the molecule is C[C@@H]1CCC[N+]1(C(=O)O)C(=O)CCC(=O)c1ccccc1. The molecule has 1 aliphatic rings. The van der Waals surface area contributed by atoms with Gasteiger partial charge in [0.1, 0.15) is 6.04 Å². The van der Waals surface area contributed by atoms with Crippen LogP contribution in [0.2, 0.25) is 0 Å². The number of amides is 2. The number of carbonyl (C=O) groups is 3. The number of benzene rings is 1. The first-order chi connectivity index (χ1) is 9.98. The van der Waals surface area contributed by atoms with Crippen molar-refractivity contribution in [1.82, 2.24) is 0 Å². The first-order valence-corrected chi connectivity index (χ1v) is 7.21. The Labute approximate surface area is 123 Å². The second kappa shape index (κ2) is 6.18. The van der Waals surface area contributed by atoms with Crippen LogP contribution in [0, 0.1) is 0 Å². The minimum absolute atomic E-state index is 0.0234. The Bertz CT molecular complexity index is 555. The standard InChI is InChI=1S/C16H19NO4/c1-12-6-5-11-17(12,16(20)21)15(19)10-9-14(18)13-7-3-2-4-8-13/h2-4,7-8,12H,5-6,9-11H2,1H3/p+1/t12-,17?/m1/s1. The Hall–Kier alpha value is -2.01. The third-order valence-electron chi connectivity index (χ3n) is 4.33. The normalized spacial score (nSPS) is 24.7. The number of rotatable bonds is 4. The number of ketones is 1. The van der Waals surface area contributed by atoms with Gasteiger partial charge in [0.15, 0.2) is 5.78 Å². The van der Waals surface area contributed by atoms with Crippen LogP contribution >= 0.6 is 0 Å². The van der Waals surface area contributed by atoms with Crippen molar-refractivity contribution in [2.24, 2.45) is 0 Å². The number of nitrogens with zero attached hydrogens (tertiary/aromatic N) is 1. The molecular formula is C16H20NO4+. The quantitative estimate of drug-likeness (QED) is 0.683. The van der Waals surface area contributed by atoms with Crippen LogP contribution in [0.1, 0.15) is 43.0 Å². The van der Waals surface area contributed by atoms with Gasteiger partial charge in [0.05, 0.1) is 13.0 Å². The molecule has 1 saturated heterocycles. The Morgan fingerprint density at radius 2 is 1.86 bits per heavy atom. The zero-order valence-corrected chi connectivity index (χ0v) is 12.1. The highest BCUT2D eigenvalue weighted by molar-refractivity contribution is 5.97. The van der Waals surface area contributed by atoms with Crippen molar-refractivity contribution in [3.8, 4) is 0 Å². The average molecular weight is 290 g/mol. The lowest BCUT2D eigenvalue weighted by Crippen LogP contribution is -2.58. The molecule has 0 saturated carbocycles. The summed E-state index contributed by atoms with van der Waals surface area (Å²) in [5, 5.41) is 9.45. The fourth-order valence-corrected chi connectivity index (χ4v) is 3.03. The fourth-order valence-electron chi connectivity index (χ4n) is 3.03. The van der Waals surface area contributed by atoms with Crippen LogP contribution in [-0.2, 0) is 4.79 Å². The molecular weight excluding hydrogens is 270 g/mol. The van der Waals surface area contributed by atoms with Crippen LogP contribution in [-0.4, -0.2) is 40.0 Å². The first kappa shape index (κ1) is 15.4. The Kier molecular flexibility index (Phi) is 4.53. The van der Waals surface area contributed by atoms with E-state index in [1.165, 1.54) is 0 Å². The molecule has 1 aromatic carbocycles. The summed E-state index contributed by atoms with van der Waals surface area (Å²) >= 11 is 0. The molecule has 2 rings (SSSR count). The van der Waals surface area contributed by atoms with Crippen molar-refractivity contribution < 1.29 is 24.0 Å². The molecule has 0 aliphatic carbocycles. The smallest absolute Gasteiger partial charge is 0.435 e. The van der Waals surface area contributed by atoms with Crippen LogP contribution in [0.3, 0.4) is 0 Å². The van der Waals surface area contributed by atoms with Gasteiger partial charge in [0.25, 0.3) is 0 Å². The van der Waals surface area contributed by atoms with Gasteiger partial charge < -0.3 is 5.11 Å². The average Bonchev–Trinajstić information content (AvgIpc) is 2.88. The van der Waals surface area contributed by atoms with Gasteiger partial charge in [0.2, 0.25) is 0 Å². The maximum Gasteiger partial charge on any atom is 0.521 e. The van der Waals surface area contributed by atoms with E-state index < -0.39 is 10.6 Å². The van der Waals surface area contributed by atoms with Crippen LogP contribution in [0.25, 0.3) is 0 Å². The van der Waals surface area contributed by atoms with Crippen molar-refractivity contribution in [1.29, 1.82) is 0 Å². The molecule has 5 nitrogen and oxygen atoms in total. The molecule has 1 unspecified atom stereocenters. The van der Waals surface area contributed by atoms with Gasteiger partial charge in [-0.3, -0.25) is 4.79 Å². The highest BCUT2D eigenvalue weighted by Gasteiger charge is 2.52. The molecule has 0 bridgehead atoms. The Morgan fingerprint density at radius 1 is 1.19 bits per heavy atom. The molecule has 1 fully saturated rings. The zero-order chi connectivity index (χ0) is 15.5. The van der Waals surface area contributed by atoms with E-state index in [4.69, 9.17) is 0 Å². The summed E-state index contributed by atoms with van der Waals surface area (Å²) in [6.07, 6.45) is 0.390. The van der Waals surface area contributed by atoms with Gasteiger partial charge in [-0.1, -0.05) is 30.3 Å². The molecule has 1 heterocycles.